The Bertz CT molecular complexity index is 1370. The van der Waals surface area contributed by atoms with Crippen LogP contribution in [0, 0.1) is 20.8 Å². The first-order chi connectivity index (χ1) is 16.5. The summed E-state index contributed by atoms with van der Waals surface area (Å²) < 4.78 is 13.7. The van der Waals surface area contributed by atoms with Crippen LogP contribution in [-0.2, 0) is 20.8 Å². The number of carbonyl (C=O) groups is 1. The molecule has 1 N–H and O–H groups in total. The van der Waals surface area contributed by atoms with Gasteiger partial charge in [0, 0.05) is 44.7 Å². The number of methoxy groups -OCH3 is 1. The molecule has 0 spiro atoms. The second kappa shape index (κ2) is 9.47. The van der Waals surface area contributed by atoms with E-state index < -0.39 is 17.7 Å². The van der Waals surface area contributed by atoms with Crippen molar-refractivity contribution in [3.63, 3.8) is 0 Å². The van der Waals surface area contributed by atoms with Gasteiger partial charge < -0.3 is 14.0 Å². The minimum absolute atomic E-state index is 0.466. The van der Waals surface area contributed by atoms with Gasteiger partial charge in [0.15, 0.2) is 6.10 Å². The van der Waals surface area contributed by atoms with E-state index in [9.17, 15) is 4.79 Å². The van der Waals surface area contributed by atoms with Crippen molar-refractivity contribution in [1.82, 2.24) is 19.7 Å². The number of rotatable bonds is 6. The average molecular weight is 495 g/mol. The van der Waals surface area contributed by atoms with Crippen molar-refractivity contribution in [2.24, 2.45) is 0 Å². The Kier molecular flexibility index (Phi) is 6.75. The summed E-state index contributed by atoms with van der Waals surface area (Å²) in [5, 5.41) is 8.58. The third-order valence-corrected chi connectivity index (χ3v) is 6.41. The number of nitrogens with zero attached hydrogens (tertiary/aromatic N) is 3. The summed E-state index contributed by atoms with van der Waals surface area (Å²) in [5.74, 6) is -0.466. The molecule has 1 atom stereocenters. The summed E-state index contributed by atoms with van der Waals surface area (Å²) in [4.78, 5) is 18.1. The second-order valence-electron chi connectivity index (χ2n) is 9.73. The maximum atomic E-state index is 13.1. The lowest BCUT2D eigenvalue weighted by molar-refractivity contribution is -0.164. The molecular weight excluding hydrogens is 464 g/mol. The summed E-state index contributed by atoms with van der Waals surface area (Å²) in [6.45, 7) is 12.5. The zero-order valence-corrected chi connectivity index (χ0v) is 21.9. The smallest absolute Gasteiger partial charge is 0.339 e. The van der Waals surface area contributed by atoms with Crippen LogP contribution in [0.3, 0.4) is 0 Å². The summed E-state index contributed by atoms with van der Waals surface area (Å²) in [6, 6.07) is 7.64. The Morgan fingerprint density at radius 2 is 1.86 bits per heavy atom. The highest BCUT2D eigenvalue weighted by Crippen LogP contribution is 2.42. The first-order valence-corrected chi connectivity index (χ1v) is 11.9. The van der Waals surface area contributed by atoms with Gasteiger partial charge in [0.1, 0.15) is 5.65 Å². The number of H-pyrrole nitrogens is 1. The topological polar surface area (TPSA) is 82.0 Å². The molecule has 0 fully saturated rings. The van der Waals surface area contributed by atoms with E-state index in [4.69, 9.17) is 26.1 Å². The van der Waals surface area contributed by atoms with Gasteiger partial charge in [-0.05, 0) is 64.8 Å². The lowest BCUT2D eigenvalue weighted by Crippen LogP contribution is -2.29. The van der Waals surface area contributed by atoms with Crippen molar-refractivity contribution in [1.29, 1.82) is 0 Å². The fraction of sp³-hybridized carbons (Fsp3) is 0.370. The lowest BCUT2D eigenvalue weighted by Gasteiger charge is -2.28. The number of aryl methyl sites for hydroxylation is 2. The molecule has 0 bridgehead atoms. The van der Waals surface area contributed by atoms with Crippen LogP contribution in [0.5, 0.6) is 0 Å². The second-order valence-corrected chi connectivity index (χ2v) is 10.2. The van der Waals surface area contributed by atoms with Gasteiger partial charge in [0.2, 0.25) is 0 Å². The summed E-state index contributed by atoms with van der Waals surface area (Å²) in [7, 11) is 1.38. The molecule has 0 saturated carbocycles. The van der Waals surface area contributed by atoms with E-state index in [2.05, 4.69) is 28.6 Å². The Morgan fingerprint density at radius 1 is 1.17 bits per heavy atom. The van der Waals surface area contributed by atoms with E-state index in [0.717, 1.165) is 39.0 Å². The average Bonchev–Trinajstić information content (AvgIpc) is 3.39. The number of hydrogen-bond donors (Lipinski definition) is 1. The number of benzene rings is 1. The van der Waals surface area contributed by atoms with Crippen molar-refractivity contribution in [3.05, 3.63) is 69.8 Å². The van der Waals surface area contributed by atoms with Crippen molar-refractivity contribution < 1.29 is 14.3 Å². The van der Waals surface area contributed by atoms with Gasteiger partial charge in [-0.25, -0.2) is 9.78 Å². The summed E-state index contributed by atoms with van der Waals surface area (Å²) in [6.07, 6.45) is 2.75. The fourth-order valence-electron chi connectivity index (χ4n) is 4.46. The molecule has 8 heteroatoms. The molecule has 1 aromatic carbocycles. The molecule has 4 aromatic rings. The van der Waals surface area contributed by atoms with Gasteiger partial charge in [0.25, 0.3) is 0 Å². The van der Waals surface area contributed by atoms with Crippen molar-refractivity contribution >= 4 is 28.6 Å². The van der Waals surface area contributed by atoms with Crippen molar-refractivity contribution in [2.75, 3.05) is 7.11 Å². The van der Waals surface area contributed by atoms with Gasteiger partial charge in [-0.3, -0.25) is 5.10 Å². The standard InChI is InChI=1S/C27H31ClN4O3/c1-15-17(3)32(14-18-12-29-30-13-18)25-21(15)23(19-8-10-20(28)11-9-19)22(16(2)31-25)24(26(33)34-7)35-27(4,5)6/h8-13,24H,14H2,1-7H3,(H,29,30). The minimum atomic E-state index is -0.945. The van der Waals surface area contributed by atoms with Crippen LogP contribution in [0.2, 0.25) is 5.02 Å². The molecule has 1 unspecified atom stereocenters. The molecule has 0 aliphatic carbocycles. The number of pyridine rings is 1. The number of carbonyl (C=O) groups excluding carboxylic acids is 1. The number of esters is 1. The van der Waals surface area contributed by atoms with Gasteiger partial charge in [-0.1, -0.05) is 23.7 Å². The summed E-state index contributed by atoms with van der Waals surface area (Å²) >= 11 is 6.23. The maximum Gasteiger partial charge on any atom is 0.339 e. The van der Waals surface area contributed by atoms with Crippen molar-refractivity contribution in [3.8, 4) is 11.1 Å². The highest BCUT2D eigenvalue weighted by molar-refractivity contribution is 6.30. The molecule has 0 saturated heterocycles. The molecule has 0 aliphatic rings. The first kappa shape index (κ1) is 24.9. The molecule has 35 heavy (non-hydrogen) atoms. The van der Waals surface area contributed by atoms with E-state index in [1.165, 1.54) is 7.11 Å². The normalized spacial score (nSPS) is 12.8. The highest BCUT2D eigenvalue weighted by atomic mass is 35.5. The Hall–Kier alpha value is -3.16. The number of aromatic amines is 1. The predicted octanol–water partition coefficient (Wildman–Crippen LogP) is 6.08. The van der Waals surface area contributed by atoms with Gasteiger partial charge >= 0.3 is 5.97 Å². The molecule has 0 amide bonds. The van der Waals surface area contributed by atoms with Crippen LogP contribution in [0.4, 0.5) is 0 Å². The van der Waals surface area contributed by atoms with E-state index in [1.807, 2.05) is 64.4 Å². The Balaban J connectivity index is 2.09. The number of nitrogens with one attached hydrogen (secondary N) is 1. The molecule has 7 nitrogen and oxygen atoms in total. The quantitative estimate of drug-likeness (QED) is 0.328. The van der Waals surface area contributed by atoms with Crippen molar-refractivity contribution in [2.45, 2.75) is 59.8 Å². The monoisotopic (exact) mass is 494 g/mol. The Morgan fingerprint density at radius 3 is 2.43 bits per heavy atom. The lowest BCUT2D eigenvalue weighted by atomic mass is 9.91. The van der Waals surface area contributed by atoms with E-state index in [1.54, 1.807) is 0 Å². The molecule has 0 radical (unpaired) electrons. The van der Waals surface area contributed by atoms with E-state index in [-0.39, 0.29) is 0 Å². The third kappa shape index (κ3) is 4.83. The predicted molar refractivity (Wildman–Crippen MR) is 138 cm³/mol. The largest absolute Gasteiger partial charge is 0.467 e. The molecule has 184 valence electrons. The van der Waals surface area contributed by atoms with E-state index in [0.29, 0.717) is 22.8 Å². The van der Waals surface area contributed by atoms with Gasteiger partial charge in [-0.2, -0.15) is 5.10 Å². The van der Waals surface area contributed by atoms with Crippen LogP contribution in [0.1, 0.15) is 55.0 Å². The van der Waals surface area contributed by atoms with Crippen LogP contribution < -0.4 is 0 Å². The zero-order chi connectivity index (χ0) is 25.5. The zero-order valence-electron chi connectivity index (χ0n) is 21.2. The van der Waals surface area contributed by atoms with Crippen LogP contribution >= 0.6 is 11.6 Å². The van der Waals surface area contributed by atoms with Crippen LogP contribution in [0.25, 0.3) is 22.2 Å². The minimum Gasteiger partial charge on any atom is -0.467 e. The number of halogens is 1. The van der Waals surface area contributed by atoms with E-state index >= 15 is 0 Å². The first-order valence-electron chi connectivity index (χ1n) is 11.5. The number of fused-ring (bicyclic) bond motifs is 1. The summed E-state index contributed by atoms with van der Waals surface area (Å²) in [5.41, 5.74) is 6.70. The number of aromatic nitrogens is 4. The SMILES string of the molecule is COC(=O)C(OC(C)(C)C)c1c(C)nc2c(c(C)c(C)n2Cc2cn[nH]c2)c1-c1ccc(Cl)cc1. The Labute approximate surface area is 210 Å². The maximum absolute atomic E-state index is 13.1. The van der Waals surface area contributed by atoms with Crippen LogP contribution in [0.15, 0.2) is 36.7 Å². The molecule has 3 aromatic heterocycles. The third-order valence-electron chi connectivity index (χ3n) is 6.16. The number of hydrogen-bond acceptors (Lipinski definition) is 5. The van der Waals surface area contributed by atoms with Crippen LogP contribution in [-0.4, -0.2) is 38.4 Å². The molecule has 4 rings (SSSR count). The highest BCUT2D eigenvalue weighted by Gasteiger charge is 2.34. The van der Waals surface area contributed by atoms with Gasteiger partial charge in [0.05, 0.1) is 25.5 Å². The van der Waals surface area contributed by atoms with Gasteiger partial charge in [-0.15, -0.1) is 0 Å². The fourth-order valence-corrected chi connectivity index (χ4v) is 4.58. The molecule has 0 aliphatic heterocycles. The molecular formula is C27H31ClN4O3. The molecule has 3 heterocycles. The number of ether oxygens (including phenoxy) is 2.